The molecule has 0 radical (unpaired) electrons. The molecule has 1 aromatic carbocycles. The molecule has 0 bridgehead atoms. The summed E-state index contributed by atoms with van der Waals surface area (Å²) >= 11 is 5.11. The van der Waals surface area contributed by atoms with Gasteiger partial charge in [0, 0.05) is 22.5 Å². The highest BCUT2D eigenvalue weighted by molar-refractivity contribution is 9.10. The maximum Gasteiger partial charge on any atom is 0.323 e. The lowest BCUT2D eigenvalue weighted by Crippen LogP contribution is -2.34. The second kappa shape index (κ2) is 5.93. The summed E-state index contributed by atoms with van der Waals surface area (Å²) in [4.78, 5) is 14.2. The summed E-state index contributed by atoms with van der Waals surface area (Å²) in [6, 6.07) is 11.2. The Hall–Kier alpha value is -1.40. The van der Waals surface area contributed by atoms with Crippen molar-refractivity contribution in [3.05, 3.63) is 52.9 Å². The summed E-state index contributed by atoms with van der Waals surface area (Å²) in [5.41, 5.74) is 0.777. The van der Waals surface area contributed by atoms with Gasteiger partial charge >= 0.3 is 6.03 Å². The van der Waals surface area contributed by atoms with Crippen molar-refractivity contribution in [2.45, 2.75) is 5.37 Å². The Labute approximate surface area is 129 Å². The monoisotopic (exact) mass is 352 g/mol. The Morgan fingerprint density at radius 2 is 2.30 bits per heavy atom. The van der Waals surface area contributed by atoms with E-state index >= 15 is 0 Å². The van der Waals surface area contributed by atoms with Crippen LogP contribution in [-0.2, 0) is 0 Å². The Morgan fingerprint density at radius 1 is 1.40 bits per heavy atom. The van der Waals surface area contributed by atoms with Crippen LogP contribution in [0.15, 0.2) is 51.6 Å². The van der Waals surface area contributed by atoms with E-state index in [9.17, 15) is 4.79 Å². The van der Waals surface area contributed by atoms with Crippen molar-refractivity contribution in [3.63, 3.8) is 0 Å². The first-order valence-corrected chi connectivity index (χ1v) is 8.06. The number of hydrogen-bond acceptors (Lipinski definition) is 3. The lowest BCUT2D eigenvalue weighted by molar-refractivity contribution is 0.210. The summed E-state index contributed by atoms with van der Waals surface area (Å²) < 4.78 is 6.36. The van der Waals surface area contributed by atoms with Gasteiger partial charge in [-0.1, -0.05) is 22.0 Å². The average molecular weight is 353 g/mol. The number of carbonyl (C=O) groups excluding carboxylic acids is 1. The van der Waals surface area contributed by atoms with Gasteiger partial charge in [-0.3, -0.25) is 0 Å². The van der Waals surface area contributed by atoms with Crippen molar-refractivity contribution in [1.29, 1.82) is 0 Å². The van der Waals surface area contributed by atoms with Crippen LogP contribution in [0.5, 0.6) is 0 Å². The predicted octanol–water partition coefficient (Wildman–Crippen LogP) is 4.32. The fraction of sp³-hybridized carbons (Fsp3) is 0.214. The van der Waals surface area contributed by atoms with Crippen molar-refractivity contribution in [2.75, 3.05) is 17.6 Å². The number of amides is 2. The van der Waals surface area contributed by atoms with Crippen LogP contribution >= 0.6 is 27.7 Å². The number of thioether (sulfide) groups is 1. The summed E-state index contributed by atoms with van der Waals surface area (Å²) in [6.07, 6.45) is 1.64. The van der Waals surface area contributed by atoms with E-state index in [1.165, 1.54) is 0 Å². The molecule has 3 rings (SSSR count). The van der Waals surface area contributed by atoms with Gasteiger partial charge in [0.2, 0.25) is 0 Å². The molecule has 2 aromatic rings. The number of urea groups is 1. The summed E-state index contributed by atoms with van der Waals surface area (Å²) in [5.74, 6) is 1.73. The Balaban J connectivity index is 1.73. The Kier molecular flexibility index (Phi) is 4.03. The fourth-order valence-electron chi connectivity index (χ4n) is 2.11. The van der Waals surface area contributed by atoms with E-state index in [0.717, 1.165) is 28.2 Å². The molecular weight excluding hydrogens is 340 g/mol. The van der Waals surface area contributed by atoms with Crippen LogP contribution in [-0.4, -0.2) is 23.2 Å². The molecule has 1 aliphatic rings. The van der Waals surface area contributed by atoms with Crippen molar-refractivity contribution in [1.82, 2.24) is 4.90 Å². The van der Waals surface area contributed by atoms with E-state index in [1.807, 2.05) is 36.4 Å². The first-order chi connectivity index (χ1) is 9.74. The van der Waals surface area contributed by atoms with Crippen molar-refractivity contribution >= 4 is 39.4 Å². The number of halogens is 1. The lowest BCUT2D eigenvalue weighted by atomic mass is 10.3. The van der Waals surface area contributed by atoms with Gasteiger partial charge in [-0.15, -0.1) is 11.8 Å². The zero-order valence-corrected chi connectivity index (χ0v) is 13.0. The largest absolute Gasteiger partial charge is 0.466 e. The molecule has 0 aliphatic carbocycles. The SMILES string of the molecule is O=C(Nc1cccc(Br)c1)N1CCS[C@@H]1c1ccco1. The van der Waals surface area contributed by atoms with Crippen molar-refractivity contribution in [2.24, 2.45) is 0 Å². The predicted molar refractivity (Wildman–Crippen MR) is 83.8 cm³/mol. The molecule has 1 saturated heterocycles. The second-order valence-corrected chi connectivity index (χ2v) is 6.48. The van der Waals surface area contributed by atoms with Gasteiger partial charge in [0.1, 0.15) is 11.1 Å². The molecule has 0 saturated carbocycles. The Bertz CT molecular complexity index is 603. The molecule has 2 amide bonds. The van der Waals surface area contributed by atoms with E-state index in [-0.39, 0.29) is 11.4 Å². The number of rotatable bonds is 2. The zero-order chi connectivity index (χ0) is 13.9. The second-order valence-electron chi connectivity index (χ2n) is 4.37. The molecule has 6 heteroatoms. The highest BCUT2D eigenvalue weighted by Crippen LogP contribution is 2.38. The lowest BCUT2D eigenvalue weighted by Gasteiger charge is -2.22. The summed E-state index contributed by atoms with van der Waals surface area (Å²) in [7, 11) is 0. The standard InChI is InChI=1S/C14H13BrN2O2S/c15-10-3-1-4-11(9-10)16-14(18)17-6-8-20-13(17)12-5-2-7-19-12/h1-5,7,9,13H,6,8H2,(H,16,18)/t13-/m1/s1. The molecule has 1 fully saturated rings. The summed E-state index contributed by atoms with van der Waals surface area (Å²) in [5, 5.41) is 2.87. The van der Waals surface area contributed by atoms with Gasteiger partial charge in [-0.05, 0) is 30.3 Å². The van der Waals surface area contributed by atoms with E-state index in [2.05, 4.69) is 21.2 Å². The van der Waals surface area contributed by atoms with Gasteiger partial charge in [-0.2, -0.15) is 0 Å². The molecule has 20 heavy (non-hydrogen) atoms. The molecule has 1 N–H and O–H groups in total. The fourth-order valence-corrected chi connectivity index (χ4v) is 3.71. The van der Waals surface area contributed by atoms with E-state index in [4.69, 9.17) is 4.42 Å². The van der Waals surface area contributed by atoms with Crippen LogP contribution in [0.3, 0.4) is 0 Å². The van der Waals surface area contributed by atoms with Crippen LogP contribution in [0.1, 0.15) is 11.1 Å². The molecule has 104 valence electrons. The van der Waals surface area contributed by atoms with E-state index in [1.54, 1.807) is 22.9 Å². The molecule has 1 aromatic heterocycles. The van der Waals surface area contributed by atoms with E-state index in [0.29, 0.717) is 0 Å². The highest BCUT2D eigenvalue weighted by atomic mass is 79.9. The zero-order valence-electron chi connectivity index (χ0n) is 10.6. The third-order valence-corrected chi connectivity index (χ3v) is 4.73. The summed E-state index contributed by atoms with van der Waals surface area (Å²) in [6.45, 7) is 0.718. The number of furan rings is 1. The van der Waals surface area contributed by atoms with Crippen molar-refractivity contribution < 1.29 is 9.21 Å². The van der Waals surface area contributed by atoms with Crippen LogP contribution in [0.2, 0.25) is 0 Å². The van der Waals surface area contributed by atoms with Crippen LogP contribution < -0.4 is 5.32 Å². The first kappa shape index (κ1) is 13.6. The molecule has 4 nitrogen and oxygen atoms in total. The molecule has 0 spiro atoms. The molecule has 0 unspecified atom stereocenters. The topological polar surface area (TPSA) is 45.5 Å². The number of nitrogens with zero attached hydrogens (tertiary/aromatic N) is 1. The third-order valence-electron chi connectivity index (χ3n) is 3.01. The number of hydrogen-bond donors (Lipinski definition) is 1. The number of carbonyl (C=O) groups is 1. The minimum absolute atomic E-state index is 0.0443. The van der Waals surface area contributed by atoms with Crippen molar-refractivity contribution in [3.8, 4) is 0 Å². The van der Waals surface area contributed by atoms with Gasteiger partial charge in [0.25, 0.3) is 0 Å². The Morgan fingerprint density at radius 3 is 3.05 bits per heavy atom. The smallest absolute Gasteiger partial charge is 0.323 e. The molecule has 1 atom stereocenters. The highest BCUT2D eigenvalue weighted by Gasteiger charge is 2.32. The first-order valence-electron chi connectivity index (χ1n) is 6.22. The van der Waals surface area contributed by atoms with Gasteiger partial charge in [0.05, 0.1) is 6.26 Å². The number of nitrogens with one attached hydrogen (secondary N) is 1. The maximum atomic E-state index is 12.4. The van der Waals surface area contributed by atoms with E-state index < -0.39 is 0 Å². The van der Waals surface area contributed by atoms with Gasteiger partial charge in [0.15, 0.2) is 0 Å². The van der Waals surface area contributed by atoms with Crippen LogP contribution in [0.4, 0.5) is 10.5 Å². The minimum Gasteiger partial charge on any atom is -0.466 e. The average Bonchev–Trinajstić information content (AvgIpc) is 3.09. The normalized spacial score (nSPS) is 18.2. The molecule has 1 aliphatic heterocycles. The number of benzene rings is 1. The van der Waals surface area contributed by atoms with Crippen LogP contribution in [0, 0.1) is 0 Å². The number of anilines is 1. The van der Waals surface area contributed by atoms with Crippen LogP contribution in [0.25, 0.3) is 0 Å². The molecule has 2 heterocycles. The quantitative estimate of drug-likeness (QED) is 0.875. The van der Waals surface area contributed by atoms with Gasteiger partial charge in [-0.25, -0.2) is 4.79 Å². The van der Waals surface area contributed by atoms with Gasteiger partial charge < -0.3 is 14.6 Å². The third kappa shape index (κ3) is 2.86. The molecular formula is C14H13BrN2O2S. The minimum atomic E-state index is -0.102. The maximum absolute atomic E-state index is 12.4.